The summed E-state index contributed by atoms with van der Waals surface area (Å²) in [6.45, 7) is 3.92. The normalized spacial score (nSPS) is 17.4. The molecule has 1 amide bonds. The van der Waals surface area contributed by atoms with E-state index in [0.717, 1.165) is 23.4 Å². The molecule has 0 unspecified atom stereocenters. The van der Waals surface area contributed by atoms with Gasteiger partial charge in [0.05, 0.1) is 12.3 Å². The summed E-state index contributed by atoms with van der Waals surface area (Å²) in [5.74, 6) is 0.518. The predicted octanol–water partition coefficient (Wildman–Crippen LogP) is 1.74. The fourth-order valence-corrected chi connectivity index (χ4v) is 2.52. The van der Waals surface area contributed by atoms with Crippen LogP contribution in [0.5, 0.6) is 0 Å². The Morgan fingerprint density at radius 3 is 2.91 bits per heavy atom. The molecule has 1 fully saturated rings. The molecule has 1 aliphatic rings. The van der Waals surface area contributed by atoms with Crippen molar-refractivity contribution in [2.45, 2.75) is 13.0 Å². The second kappa shape index (κ2) is 7.59. The number of hydrogen-bond acceptors (Lipinski definition) is 4. The number of aromatic nitrogens is 2. The van der Waals surface area contributed by atoms with Crippen LogP contribution in [0.4, 0.5) is 5.82 Å². The van der Waals surface area contributed by atoms with Crippen molar-refractivity contribution >= 4 is 24.1 Å². The van der Waals surface area contributed by atoms with Crippen LogP contribution >= 0.6 is 12.4 Å². The Morgan fingerprint density at radius 2 is 2.22 bits per heavy atom. The van der Waals surface area contributed by atoms with Crippen molar-refractivity contribution in [3.63, 3.8) is 0 Å². The van der Waals surface area contributed by atoms with Crippen molar-refractivity contribution in [2.24, 2.45) is 7.05 Å². The Labute approximate surface area is 141 Å². The number of nitrogens with zero attached hydrogens (tertiary/aromatic N) is 2. The number of amides is 1. The zero-order valence-corrected chi connectivity index (χ0v) is 14.0. The molecule has 1 aliphatic heterocycles. The molecule has 0 spiro atoms. The van der Waals surface area contributed by atoms with Gasteiger partial charge in [-0.3, -0.25) is 9.48 Å². The van der Waals surface area contributed by atoms with Gasteiger partial charge in [0.25, 0.3) is 5.91 Å². The minimum absolute atomic E-state index is 0. The molecule has 0 bridgehead atoms. The van der Waals surface area contributed by atoms with Crippen LogP contribution in [0, 0.1) is 6.92 Å². The summed E-state index contributed by atoms with van der Waals surface area (Å²) < 4.78 is 7.13. The number of ether oxygens (including phenoxy) is 1. The Balaban J connectivity index is 0.00000192. The maximum atomic E-state index is 12.2. The highest BCUT2D eigenvalue weighted by Crippen LogP contribution is 2.24. The van der Waals surface area contributed by atoms with Gasteiger partial charge in [-0.05, 0) is 12.5 Å². The van der Waals surface area contributed by atoms with Crippen LogP contribution in [0.25, 0.3) is 11.3 Å². The number of aryl methyl sites for hydroxylation is 2. The second-order valence-corrected chi connectivity index (χ2v) is 5.41. The van der Waals surface area contributed by atoms with E-state index in [1.165, 1.54) is 0 Å². The largest absolute Gasteiger partial charge is 0.366 e. The van der Waals surface area contributed by atoms with Gasteiger partial charge in [0.1, 0.15) is 11.9 Å². The Morgan fingerprint density at radius 1 is 1.43 bits per heavy atom. The van der Waals surface area contributed by atoms with Crippen molar-refractivity contribution in [1.82, 2.24) is 15.1 Å². The molecule has 124 valence electrons. The molecular formula is C16H21ClN4O2. The lowest BCUT2D eigenvalue weighted by Gasteiger charge is -2.22. The van der Waals surface area contributed by atoms with Gasteiger partial charge in [-0.1, -0.05) is 24.3 Å². The van der Waals surface area contributed by atoms with Crippen LogP contribution in [0.2, 0.25) is 0 Å². The van der Waals surface area contributed by atoms with E-state index in [1.807, 2.05) is 44.3 Å². The van der Waals surface area contributed by atoms with E-state index in [-0.39, 0.29) is 18.3 Å². The summed E-state index contributed by atoms with van der Waals surface area (Å²) in [6, 6.07) is 9.94. The van der Waals surface area contributed by atoms with Crippen molar-refractivity contribution < 1.29 is 9.53 Å². The van der Waals surface area contributed by atoms with Crippen LogP contribution in [-0.4, -0.2) is 41.5 Å². The highest BCUT2D eigenvalue weighted by atomic mass is 35.5. The van der Waals surface area contributed by atoms with Crippen molar-refractivity contribution in [3.8, 4) is 11.3 Å². The number of benzene rings is 1. The number of anilines is 1. The molecule has 1 saturated heterocycles. The zero-order valence-electron chi connectivity index (χ0n) is 13.2. The first-order valence-corrected chi connectivity index (χ1v) is 7.38. The minimum atomic E-state index is -0.453. The van der Waals surface area contributed by atoms with Crippen LogP contribution in [0.1, 0.15) is 5.56 Å². The van der Waals surface area contributed by atoms with Crippen LogP contribution < -0.4 is 10.6 Å². The third kappa shape index (κ3) is 3.90. The van der Waals surface area contributed by atoms with Crippen LogP contribution in [0.15, 0.2) is 30.3 Å². The van der Waals surface area contributed by atoms with E-state index in [0.29, 0.717) is 19.0 Å². The average Bonchev–Trinajstić information content (AvgIpc) is 2.89. The lowest BCUT2D eigenvalue weighted by Crippen LogP contribution is -2.45. The maximum absolute atomic E-state index is 12.2. The van der Waals surface area contributed by atoms with E-state index in [2.05, 4.69) is 15.7 Å². The summed E-state index contributed by atoms with van der Waals surface area (Å²) in [6.07, 6.45) is -0.453. The standard InChI is InChI=1S/C16H20N4O2.ClH/c1-11-5-3-4-6-12(11)13-9-15(20(2)19-13)18-16(21)14-10-17-7-8-22-14;/h3-6,9,14,17H,7-8,10H2,1-2H3,(H,18,21);1H/t14-;/m1./s1. The van der Waals surface area contributed by atoms with Crippen LogP contribution in [0.3, 0.4) is 0 Å². The molecule has 1 atom stereocenters. The molecule has 23 heavy (non-hydrogen) atoms. The third-order valence-electron chi connectivity index (χ3n) is 3.77. The Hall–Kier alpha value is -1.89. The van der Waals surface area contributed by atoms with Gasteiger partial charge in [0.2, 0.25) is 0 Å². The van der Waals surface area contributed by atoms with E-state index in [4.69, 9.17) is 4.74 Å². The molecule has 0 saturated carbocycles. The molecule has 2 N–H and O–H groups in total. The fraction of sp³-hybridized carbons (Fsp3) is 0.375. The number of rotatable bonds is 3. The molecule has 2 aromatic rings. The minimum Gasteiger partial charge on any atom is -0.366 e. The van der Waals surface area contributed by atoms with Gasteiger partial charge in [0.15, 0.2) is 0 Å². The number of hydrogen-bond donors (Lipinski definition) is 2. The summed E-state index contributed by atoms with van der Waals surface area (Å²) in [5, 5.41) is 10.5. The first-order valence-electron chi connectivity index (χ1n) is 7.38. The monoisotopic (exact) mass is 336 g/mol. The Kier molecular flexibility index (Phi) is 5.76. The number of nitrogens with one attached hydrogen (secondary N) is 2. The van der Waals surface area contributed by atoms with Gasteiger partial charge in [-0.25, -0.2) is 0 Å². The van der Waals surface area contributed by atoms with Crippen molar-refractivity contribution in [2.75, 3.05) is 25.0 Å². The average molecular weight is 337 g/mol. The molecular weight excluding hydrogens is 316 g/mol. The van der Waals surface area contributed by atoms with E-state index >= 15 is 0 Å². The first-order chi connectivity index (χ1) is 10.6. The second-order valence-electron chi connectivity index (χ2n) is 5.41. The summed E-state index contributed by atoms with van der Waals surface area (Å²) in [4.78, 5) is 12.2. The lowest BCUT2D eigenvalue weighted by atomic mass is 10.1. The fourth-order valence-electron chi connectivity index (χ4n) is 2.52. The van der Waals surface area contributed by atoms with E-state index in [9.17, 15) is 4.79 Å². The van der Waals surface area contributed by atoms with E-state index < -0.39 is 6.10 Å². The molecule has 1 aromatic heterocycles. The van der Waals surface area contributed by atoms with Gasteiger partial charge in [-0.15, -0.1) is 12.4 Å². The molecule has 1 aromatic carbocycles. The quantitative estimate of drug-likeness (QED) is 0.896. The number of carbonyl (C=O) groups excluding carboxylic acids is 1. The molecule has 0 radical (unpaired) electrons. The van der Waals surface area contributed by atoms with Gasteiger partial charge < -0.3 is 15.4 Å². The first kappa shape index (κ1) is 17.5. The number of halogens is 1. The summed E-state index contributed by atoms with van der Waals surface area (Å²) in [7, 11) is 1.82. The number of morpholine rings is 1. The van der Waals surface area contributed by atoms with E-state index in [1.54, 1.807) is 4.68 Å². The van der Waals surface area contributed by atoms with Crippen molar-refractivity contribution in [1.29, 1.82) is 0 Å². The lowest BCUT2D eigenvalue weighted by molar-refractivity contribution is -0.128. The Bertz CT molecular complexity index is 680. The van der Waals surface area contributed by atoms with Crippen molar-refractivity contribution in [3.05, 3.63) is 35.9 Å². The third-order valence-corrected chi connectivity index (χ3v) is 3.77. The van der Waals surface area contributed by atoms with Gasteiger partial charge >= 0.3 is 0 Å². The van der Waals surface area contributed by atoms with Crippen LogP contribution in [-0.2, 0) is 16.6 Å². The maximum Gasteiger partial charge on any atom is 0.255 e. The highest BCUT2D eigenvalue weighted by molar-refractivity contribution is 5.94. The molecule has 3 rings (SSSR count). The molecule has 6 nitrogen and oxygen atoms in total. The molecule has 0 aliphatic carbocycles. The smallest absolute Gasteiger partial charge is 0.255 e. The number of carbonyl (C=O) groups is 1. The zero-order chi connectivity index (χ0) is 15.5. The SMILES string of the molecule is Cc1ccccc1-c1cc(NC(=O)[C@H]2CNCCO2)n(C)n1.Cl. The predicted molar refractivity (Wildman–Crippen MR) is 91.9 cm³/mol. The van der Waals surface area contributed by atoms with Gasteiger partial charge in [0, 0.05) is 31.8 Å². The molecule has 2 heterocycles. The summed E-state index contributed by atoms with van der Waals surface area (Å²) >= 11 is 0. The topological polar surface area (TPSA) is 68.2 Å². The van der Waals surface area contributed by atoms with Gasteiger partial charge in [-0.2, -0.15) is 5.10 Å². The summed E-state index contributed by atoms with van der Waals surface area (Å²) in [5.41, 5.74) is 3.06. The molecule has 7 heteroatoms. The highest BCUT2D eigenvalue weighted by Gasteiger charge is 2.23.